The summed E-state index contributed by atoms with van der Waals surface area (Å²) in [6.07, 6.45) is 6.39. The number of phenols is 1. The van der Waals surface area contributed by atoms with Gasteiger partial charge in [0.2, 0.25) is 0 Å². The summed E-state index contributed by atoms with van der Waals surface area (Å²) in [5.74, 6) is 0.195. The van der Waals surface area contributed by atoms with Crippen LogP contribution in [0.4, 0.5) is 32.2 Å². The van der Waals surface area contributed by atoms with Gasteiger partial charge >= 0.3 is 6.01 Å². The van der Waals surface area contributed by atoms with E-state index in [1.54, 1.807) is 4.90 Å². The van der Waals surface area contributed by atoms with Gasteiger partial charge in [-0.2, -0.15) is 30.1 Å². The predicted octanol–water partition coefficient (Wildman–Crippen LogP) is 7.85. The number of piperazine rings is 1. The summed E-state index contributed by atoms with van der Waals surface area (Å²) in [5, 5.41) is 18.4. The van der Waals surface area contributed by atoms with Gasteiger partial charge in [-0.3, -0.25) is 14.3 Å². The molecular weight excluding hydrogens is 743 g/mol. The van der Waals surface area contributed by atoms with Crippen molar-refractivity contribution in [2.45, 2.75) is 55.0 Å². The van der Waals surface area contributed by atoms with E-state index in [1.165, 1.54) is 35.7 Å². The molecule has 6 atom stereocenters. The summed E-state index contributed by atoms with van der Waals surface area (Å²) in [6.45, 7) is -0.223. The number of rotatable bonds is 8. The van der Waals surface area contributed by atoms with Crippen LogP contribution in [0.25, 0.3) is 32.9 Å². The number of ether oxygens (including phenoxy) is 1. The fourth-order valence-corrected chi connectivity index (χ4v) is 10.3. The second-order valence-electron chi connectivity index (χ2n) is 15.1. The van der Waals surface area contributed by atoms with Gasteiger partial charge in [-0.15, -0.1) is 6.42 Å². The quantitative estimate of drug-likeness (QED) is 0.122. The molecule has 4 fully saturated rings. The van der Waals surface area contributed by atoms with Gasteiger partial charge in [-0.25, -0.2) is 13.2 Å². The fourth-order valence-electron chi connectivity index (χ4n) is 9.61. The SMILES string of the molecule is C#Cc1c(F)ccc2cc(O)cc(-c3ncc4c(N5CC6CCC(C=C(F)F)(C5)N6)nc(OC[C@]56C[C@H](F)CN5[C@@H](c5ccsc5)[C@@H](CF)C6)nc4c3F)c12. The molecule has 9 rings (SSSR count). The summed E-state index contributed by atoms with van der Waals surface area (Å²) >= 11 is 1.48. The maximum Gasteiger partial charge on any atom is 0.319 e. The Bertz CT molecular complexity index is 2410. The Morgan fingerprint density at radius 3 is 2.78 bits per heavy atom. The van der Waals surface area contributed by atoms with Crippen molar-refractivity contribution in [1.82, 2.24) is 25.2 Å². The van der Waals surface area contributed by atoms with Crippen molar-refractivity contribution in [3.05, 3.63) is 82.2 Å². The van der Waals surface area contributed by atoms with E-state index < -0.39 is 47.6 Å². The molecule has 0 radical (unpaired) electrons. The Morgan fingerprint density at radius 1 is 1.16 bits per heavy atom. The highest BCUT2D eigenvalue weighted by molar-refractivity contribution is 7.08. The van der Waals surface area contributed by atoms with Crippen LogP contribution in [0.1, 0.15) is 42.9 Å². The number of hydrogen-bond donors (Lipinski definition) is 2. The van der Waals surface area contributed by atoms with Gasteiger partial charge < -0.3 is 20.1 Å². The second-order valence-corrected chi connectivity index (χ2v) is 15.9. The number of aromatic hydroxyl groups is 1. The largest absolute Gasteiger partial charge is 0.508 e. The third-order valence-electron chi connectivity index (χ3n) is 11.7. The highest BCUT2D eigenvalue weighted by Gasteiger charge is 2.58. The van der Waals surface area contributed by atoms with Crippen molar-refractivity contribution >= 4 is 38.8 Å². The number of fused-ring (bicyclic) bond motifs is 5. The number of nitrogens with one attached hydrogen (secondary N) is 1. The number of alkyl halides is 2. The smallest absolute Gasteiger partial charge is 0.319 e. The lowest BCUT2D eigenvalue weighted by atomic mass is 9.88. The van der Waals surface area contributed by atoms with Crippen LogP contribution in [0, 0.1) is 29.9 Å². The van der Waals surface area contributed by atoms with Crippen LogP contribution in [0.3, 0.4) is 0 Å². The molecule has 0 saturated carbocycles. The Hall–Kier alpha value is -4.91. The average molecular weight is 777 g/mol. The summed E-state index contributed by atoms with van der Waals surface area (Å²) in [4.78, 5) is 17.4. The first-order chi connectivity index (χ1) is 26.5. The predicted molar refractivity (Wildman–Crippen MR) is 197 cm³/mol. The van der Waals surface area contributed by atoms with Crippen LogP contribution in [0.15, 0.2) is 59.4 Å². The topological polar surface area (TPSA) is 86.6 Å². The van der Waals surface area contributed by atoms with Crippen LogP contribution in [0.5, 0.6) is 11.8 Å². The third kappa shape index (κ3) is 5.96. The van der Waals surface area contributed by atoms with Crippen LogP contribution >= 0.6 is 11.3 Å². The van der Waals surface area contributed by atoms with E-state index in [-0.39, 0.29) is 88.9 Å². The summed E-state index contributed by atoms with van der Waals surface area (Å²) < 4.78 is 95.7. The standard InChI is InChI=1S/C40H34F6N6O2S/c1-2-27-30(43)4-3-21-9-26(53)10-28(32(21)27)34-33(46)35-29(15-47-34)37(51-17-25-5-7-39(19-51,50-25)13-31(44)45)49-38(48-35)54-20-40-11-23(14-41)36(22-6-8-55-18-22)52(40)16-24(42)12-40/h1,3-4,6,8-10,13,15,18,23-25,36,50,53H,5,7,11-12,14,16-17,19-20H2/t23-,24+,25?,36+,39?,40+/m1/s1. The van der Waals surface area contributed by atoms with Gasteiger partial charge in [-0.1, -0.05) is 12.0 Å². The van der Waals surface area contributed by atoms with Crippen molar-refractivity contribution in [3.63, 3.8) is 0 Å². The van der Waals surface area contributed by atoms with Gasteiger partial charge in [-0.05, 0) is 65.2 Å². The number of benzene rings is 2. The van der Waals surface area contributed by atoms with E-state index in [1.807, 2.05) is 21.7 Å². The van der Waals surface area contributed by atoms with Crippen LogP contribution in [-0.2, 0) is 0 Å². The first-order valence-corrected chi connectivity index (χ1v) is 18.9. The number of aromatic nitrogens is 3. The summed E-state index contributed by atoms with van der Waals surface area (Å²) in [7, 11) is 0. The molecule has 3 aromatic heterocycles. The monoisotopic (exact) mass is 776 g/mol. The number of anilines is 1. The Labute approximate surface area is 315 Å². The zero-order valence-electron chi connectivity index (χ0n) is 29.2. The Balaban J connectivity index is 1.17. The Kier molecular flexibility index (Phi) is 8.71. The molecule has 4 aliphatic heterocycles. The zero-order valence-corrected chi connectivity index (χ0v) is 30.0. The normalized spacial score (nSPS) is 27.5. The highest BCUT2D eigenvalue weighted by Crippen LogP contribution is 2.53. The number of thiophene rings is 1. The number of terminal acetylenes is 1. The lowest BCUT2D eigenvalue weighted by molar-refractivity contribution is 0.0832. The highest BCUT2D eigenvalue weighted by atomic mass is 32.1. The van der Waals surface area contributed by atoms with E-state index in [2.05, 4.69) is 21.2 Å². The molecule has 8 nitrogen and oxygen atoms in total. The lowest BCUT2D eigenvalue weighted by Crippen LogP contribution is -2.59. The minimum atomic E-state index is -1.83. The number of halogens is 6. The van der Waals surface area contributed by atoms with Crippen molar-refractivity contribution in [3.8, 4) is 35.4 Å². The molecule has 0 aliphatic carbocycles. The van der Waals surface area contributed by atoms with Crippen molar-refractivity contribution < 1.29 is 36.2 Å². The first-order valence-electron chi connectivity index (χ1n) is 18.0. The zero-order chi connectivity index (χ0) is 38.2. The molecule has 4 saturated heterocycles. The van der Waals surface area contributed by atoms with E-state index in [0.29, 0.717) is 31.2 Å². The second kappa shape index (κ2) is 13.4. The van der Waals surface area contributed by atoms with Crippen molar-refractivity contribution in [1.29, 1.82) is 0 Å². The molecule has 55 heavy (non-hydrogen) atoms. The molecule has 2 bridgehead atoms. The molecule has 2 aromatic carbocycles. The fraction of sp³-hybridized carbons (Fsp3) is 0.375. The lowest BCUT2D eigenvalue weighted by Gasteiger charge is -2.40. The molecule has 2 N–H and O–H groups in total. The van der Waals surface area contributed by atoms with Crippen molar-refractivity contribution in [2.75, 3.05) is 37.8 Å². The maximum absolute atomic E-state index is 17.1. The molecule has 4 aliphatic rings. The molecule has 284 valence electrons. The number of hydrogen-bond acceptors (Lipinski definition) is 9. The van der Waals surface area contributed by atoms with Gasteiger partial charge in [0, 0.05) is 67.3 Å². The van der Waals surface area contributed by atoms with Gasteiger partial charge in [0.1, 0.15) is 41.4 Å². The van der Waals surface area contributed by atoms with E-state index in [0.717, 1.165) is 17.7 Å². The van der Waals surface area contributed by atoms with Crippen LogP contribution < -0.4 is 15.0 Å². The minimum Gasteiger partial charge on any atom is -0.508 e. The summed E-state index contributed by atoms with van der Waals surface area (Å²) in [5.41, 5.74) is -1.71. The van der Waals surface area contributed by atoms with Crippen molar-refractivity contribution in [2.24, 2.45) is 5.92 Å². The van der Waals surface area contributed by atoms with Gasteiger partial charge in [0.05, 0.1) is 28.7 Å². The molecular formula is C40H34F6N6O2S. The van der Waals surface area contributed by atoms with Crippen LogP contribution in [0.2, 0.25) is 0 Å². The molecule has 2 unspecified atom stereocenters. The average Bonchev–Trinajstić information content (AvgIpc) is 3.92. The first kappa shape index (κ1) is 35.8. The number of pyridine rings is 1. The van der Waals surface area contributed by atoms with Gasteiger partial charge in [0.25, 0.3) is 6.08 Å². The van der Waals surface area contributed by atoms with E-state index in [4.69, 9.17) is 16.1 Å². The maximum atomic E-state index is 17.1. The summed E-state index contributed by atoms with van der Waals surface area (Å²) in [6, 6.07) is 6.31. The Morgan fingerprint density at radius 2 is 2.02 bits per heavy atom. The molecule has 15 heteroatoms. The molecule has 5 aromatic rings. The third-order valence-corrected chi connectivity index (χ3v) is 12.4. The molecule has 0 amide bonds. The number of phenolic OH excluding ortho intramolecular Hbond substituents is 1. The van der Waals surface area contributed by atoms with E-state index >= 15 is 8.78 Å². The van der Waals surface area contributed by atoms with Crippen LogP contribution in [-0.4, -0.2) is 81.2 Å². The molecule has 0 spiro atoms. The van der Waals surface area contributed by atoms with E-state index in [9.17, 15) is 22.7 Å². The number of nitrogens with zero attached hydrogens (tertiary/aromatic N) is 5. The van der Waals surface area contributed by atoms with Gasteiger partial charge in [0.15, 0.2) is 5.82 Å². The minimum absolute atomic E-state index is 0.0179. The molecule has 7 heterocycles.